The van der Waals surface area contributed by atoms with Crippen LogP contribution in [0.25, 0.3) is 0 Å². The number of hydrogen-bond donors (Lipinski definition) is 5. The summed E-state index contributed by atoms with van der Waals surface area (Å²) in [5, 5.41) is 11.7. The van der Waals surface area contributed by atoms with Crippen LogP contribution >= 0.6 is 0 Å². The van der Waals surface area contributed by atoms with Gasteiger partial charge < -0.3 is 16.2 Å². The molecule has 13 heteroatoms. The molecule has 0 heterocycles. The second-order valence-corrected chi connectivity index (χ2v) is 10.7. The fraction of sp³-hybridized carbons (Fsp3) is 0.0909. The minimum atomic E-state index is -4.90. The maximum absolute atomic E-state index is 13.3. The molecule has 0 aromatic heterocycles. The predicted molar refractivity (Wildman–Crippen MR) is 126 cm³/mol. The number of aliphatic hydroxyl groups is 1. The summed E-state index contributed by atoms with van der Waals surface area (Å²) < 4.78 is 60.7. The van der Waals surface area contributed by atoms with Crippen molar-refractivity contribution in [2.45, 2.75) is 9.79 Å². The average Bonchev–Trinajstić information content (AvgIpc) is 2.81. The van der Waals surface area contributed by atoms with E-state index in [1.54, 1.807) is 6.07 Å². The summed E-state index contributed by atoms with van der Waals surface area (Å²) in [5.41, 5.74) is 4.82. The first-order valence-electron chi connectivity index (χ1n) is 10.1. The van der Waals surface area contributed by atoms with E-state index in [-0.39, 0.29) is 45.1 Å². The van der Waals surface area contributed by atoms with Gasteiger partial charge in [-0.2, -0.15) is 8.42 Å². The number of rotatable bonds is 7. The summed E-state index contributed by atoms with van der Waals surface area (Å²) in [6.45, 7) is -0.621. The molecule has 0 saturated heterocycles. The van der Waals surface area contributed by atoms with Crippen LogP contribution in [-0.2, 0) is 20.1 Å². The zero-order valence-electron chi connectivity index (χ0n) is 17.8. The maximum Gasteiger partial charge on any atom is 0.296 e. The summed E-state index contributed by atoms with van der Waals surface area (Å²) in [7, 11) is -8.88. The van der Waals surface area contributed by atoms with E-state index in [0.29, 0.717) is 0 Å². The van der Waals surface area contributed by atoms with E-state index in [1.165, 1.54) is 42.5 Å². The quantitative estimate of drug-likeness (QED) is 0.176. The van der Waals surface area contributed by atoms with Crippen molar-refractivity contribution < 1.29 is 36.1 Å². The van der Waals surface area contributed by atoms with Gasteiger partial charge in [-0.25, -0.2) is 13.1 Å². The fourth-order valence-corrected chi connectivity index (χ4v) is 5.48. The molecule has 1 aliphatic rings. The molecule has 0 amide bonds. The molecule has 0 fully saturated rings. The molecular weight excluding hydrogens is 498 g/mol. The van der Waals surface area contributed by atoms with Gasteiger partial charge in [-0.15, -0.1) is 0 Å². The molecule has 0 saturated carbocycles. The molecule has 0 bridgehead atoms. The molecule has 3 aromatic rings. The first-order chi connectivity index (χ1) is 16.5. The van der Waals surface area contributed by atoms with Gasteiger partial charge in [0.1, 0.15) is 4.90 Å². The smallest absolute Gasteiger partial charge is 0.296 e. The summed E-state index contributed by atoms with van der Waals surface area (Å²) in [4.78, 5) is 25.6. The lowest BCUT2D eigenvalue weighted by Crippen LogP contribution is -2.26. The van der Waals surface area contributed by atoms with E-state index in [9.17, 15) is 31.0 Å². The Balaban J connectivity index is 1.91. The minimum Gasteiger partial charge on any atom is -0.397 e. The number of carbonyl (C=O) groups is 2. The Bertz CT molecular complexity index is 1600. The molecular formula is C22H19N3O8S2. The van der Waals surface area contributed by atoms with Crippen molar-refractivity contribution in [3.63, 3.8) is 0 Å². The van der Waals surface area contributed by atoms with Crippen molar-refractivity contribution in [2.75, 3.05) is 24.2 Å². The topological polar surface area (TPSA) is 193 Å². The van der Waals surface area contributed by atoms with Crippen molar-refractivity contribution in [1.29, 1.82) is 0 Å². The van der Waals surface area contributed by atoms with Crippen molar-refractivity contribution in [3.8, 4) is 0 Å². The number of ketones is 2. The van der Waals surface area contributed by atoms with Gasteiger partial charge in [0, 0.05) is 23.4 Å². The van der Waals surface area contributed by atoms with Crippen molar-refractivity contribution in [1.82, 2.24) is 4.72 Å². The molecule has 0 unspecified atom stereocenters. The minimum absolute atomic E-state index is 0.0261. The first kappa shape index (κ1) is 24.5. The largest absolute Gasteiger partial charge is 0.397 e. The molecule has 11 nitrogen and oxygen atoms in total. The zero-order chi connectivity index (χ0) is 25.5. The molecule has 6 N–H and O–H groups in total. The summed E-state index contributed by atoms with van der Waals surface area (Å²) in [5.74, 6) is -1.31. The predicted octanol–water partition coefficient (Wildman–Crippen LogP) is 1.31. The average molecular weight is 518 g/mol. The number of hydrogen-bond acceptors (Lipinski definition) is 9. The number of benzene rings is 3. The molecule has 0 spiro atoms. The lowest BCUT2D eigenvalue weighted by atomic mass is 9.82. The second kappa shape index (κ2) is 8.87. The van der Waals surface area contributed by atoms with Gasteiger partial charge in [0.15, 0.2) is 11.6 Å². The third-order valence-electron chi connectivity index (χ3n) is 5.31. The summed E-state index contributed by atoms with van der Waals surface area (Å²) in [6.07, 6.45) is 0. The number of sulfonamides is 1. The third kappa shape index (κ3) is 4.42. The first-order valence-corrected chi connectivity index (χ1v) is 13.0. The summed E-state index contributed by atoms with van der Waals surface area (Å²) in [6, 6.07) is 12.2. The number of aliphatic hydroxyl groups excluding tert-OH is 1. The monoisotopic (exact) mass is 517 g/mol. The van der Waals surface area contributed by atoms with Crippen LogP contribution in [-0.4, -0.2) is 51.2 Å². The van der Waals surface area contributed by atoms with E-state index in [2.05, 4.69) is 10.0 Å². The maximum atomic E-state index is 13.3. The number of anilines is 3. The SMILES string of the molecule is Nc1c(S(=O)(=O)O)cc(Nc2cccc(S(=O)(=O)NCCO)c2)c2c1C(=O)c1ccccc1C2=O. The van der Waals surface area contributed by atoms with Gasteiger partial charge in [0.2, 0.25) is 10.0 Å². The Labute approximate surface area is 200 Å². The van der Waals surface area contributed by atoms with Crippen LogP contribution in [0.15, 0.2) is 64.4 Å². The van der Waals surface area contributed by atoms with Crippen LogP contribution in [0.1, 0.15) is 31.8 Å². The van der Waals surface area contributed by atoms with Crippen molar-refractivity contribution in [3.05, 3.63) is 76.9 Å². The summed E-state index contributed by atoms with van der Waals surface area (Å²) >= 11 is 0. The van der Waals surface area contributed by atoms with Crippen molar-refractivity contribution in [2.24, 2.45) is 0 Å². The lowest BCUT2D eigenvalue weighted by Gasteiger charge is -2.23. The number of carbonyl (C=O) groups excluding carboxylic acids is 2. The molecule has 182 valence electrons. The van der Waals surface area contributed by atoms with Crippen LogP contribution in [0.2, 0.25) is 0 Å². The normalized spacial score (nSPS) is 13.3. The van der Waals surface area contributed by atoms with Gasteiger partial charge in [0.25, 0.3) is 10.1 Å². The fourth-order valence-electron chi connectivity index (χ4n) is 3.77. The van der Waals surface area contributed by atoms with E-state index in [1.807, 2.05) is 0 Å². The van der Waals surface area contributed by atoms with Gasteiger partial charge in [-0.05, 0) is 24.3 Å². The Morgan fingerprint density at radius 2 is 1.49 bits per heavy atom. The van der Waals surface area contributed by atoms with Crippen LogP contribution in [0.3, 0.4) is 0 Å². The van der Waals surface area contributed by atoms with E-state index >= 15 is 0 Å². The molecule has 0 aliphatic heterocycles. The second-order valence-electron chi connectivity index (χ2n) is 7.54. The Morgan fingerprint density at radius 1 is 0.857 bits per heavy atom. The van der Waals surface area contributed by atoms with Crippen LogP contribution in [0.5, 0.6) is 0 Å². The Kier molecular flexibility index (Phi) is 6.21. The third-order valence-corrected chi connectivity index (χ3v) is 7.66. The standard InChI is InChI=1S/C22H19N3O8S2/c23-20-17(35(31,32)33)11-16(18-19(20)22(28)15-7-2-1-6-14(15)21(18)27)25-12-4-3-5-13(10-12)34(29,30)24-8-9-26/h1-7,10-11,24-26H,8-9,23H2,(H,31,32,33). The number of nitrogen functional groups attached to an aromatic ring is 1. The van der Waals surface area contributed by atoms with Gasteiger partial charge in [0.05, 0.1) is 34.0 Å². The number of fused-ring (bicyclic) bond motifs is 2. The van der Waals surface area contributed by atoms with Crippen LogP contribution < -0.4 is 15.8 Å². The van der Waals surface area contributed by atoms with Gasteiger partial charge in [-0.3, -0.25) is 14.1 Å². The molecule has 0 radical (unpaired) electrons. The van der Waals surface area contributed by atoms with Gasteiger partial charge >= 0.3 is 0 Å². The Hall–Kier alpha value is -3.62. The number of nitrogens with two attached hydrogens (primary N) is 1. The highest BCUT2D eigenvalue weighted by atomic mass is 32.2. The molecule has 0 atom stereocenters. The van der Waals surface area contributed by atoms with Crippen LogP contribution in [0, 0.1) is 0 Å². The molecule has 4 rings (SSSR count). The highest BCUT2D eigenvalue weighted by molar-refractivity contribution is 7.89. The Morgan fingerprint density at radius 3 is 2.09 bits per heavy atom. The van der Waals surface area contributed by atoms with E-state index in [4.69, 9.17) is 10.8 Å². The molecule has 35 heavy (non-hydrogen) atoms. The van der Waals surface area contributed by atoms with Crippen molar-refractivity contribution >= 4 is 48.8 Å². The highest BCUT2D eigenvalue weighted by Gasteiger charge is 2.36. The highest BCUT2D eigenvalue weighted by Crippen LogP contribution is 2.40. The zero-order valence-corrected chi connectivity index (χ0v) is 19.5. The van der Waals surface area contributed by atoms with E-state index in [0.717, 1.165) is 6.07 Å². The lowest BCUT2D eigenvalue weighted by molar-refractivity contribution is 0.0980. The number of nitrogens with one attached hydrogen (secondary N) is 2. The molecule has 1 aliphatic carbocycles. The van der Waals surface area contributed by atoms with Gasteiger partial charge in [-0.1, -0.05) is 30.3 Å². The van der Waals surface area contributed by atoms with Crippen LogP contribution in [0.4, 0.5) is 17.1 Å². The van der Waals surface area contributed by atoms with E-state index < -0.39 is 48.9 Å². The molecule has 3 aromatic carbocycles.